The number of unbranched alkanes of at least 4 members (excludes halogenated alkanes) is 1. The Kier molecular flexibility index (Phi) is 9.52. The van der Waals surface area contributed by atoms with Gasteiger partial charge in [0, 0.05) is 12.1 Å². The molecule has 4 rings (SSSR count). The van der Waals surface area contributed by atoms with Crippen LogP contribution in [0.15, 0.2) is 36.4 Å². The van der Waals surface area contributed by atoms with E-state index in [4.69, 9.17) is 0 Å². The predicted octanol–water partition coefficient (Wildman–Crippen LogP) is 10.3. The molecule has 1 nitrogen and oxygen atoms in total. The Balaban J connectivity index is 1.23. The monoisotopic (exact) mass is 522 g/mol. The molecule has 2 aromatic carbocycles. The fraction of sp³-hybridized carbons (Fsp3) is 0.613. The van der Waals surface area contributed by atoms with Crippen molar-refractivity contribution in [1.82, 2.24) is 0 Å². The zero-order chi connectivity index (χ0) is 26.4. The first kappa shape index (κ1) is 27.9. The van der Waals surface area contributed by atoms with Gasteiger partial charge in [-0.2, -0.15) is 8.78 Å². The van der Waals surface area contributed by atoms with Crippen LogP contribution >= 0.6 is 0 Å². The van der Waals surface area contributed by atoms with Crippen LogP contribution in [0.2, 0.25) is 0 Å². The van der Waals surface area contributed by atoms with Crippen LogP contribution in [0.4, 0.5) is 22.0 Å². The van der Waals surface area contributed by atoms with Crippen LogP contribution in [0.5, 0.6) is 5.75 Å². The highest BCUT2D eigenvalue weighted by molar-refractivity contribution is 5.30. The van der Waals surface area contributed by atoms with Crippen molar-refractivity contribution in [2.45, 2.75) is 102 Å². The van der Waals surface area contributed by atoms with Crippen molar-refractivity contribution in [2.24, 2.45) is 17.8 Å². The highest BCUT2D eigenvalue weighted by atomic mass is 19.3. The lowest BCUT2D eigenvalue weighted by Gasteiger charge is -2.32. The molecular formula is C31H39F5O. The first-order valence-corrected chi connectivity index (χ1v) is 14.1. The summed E-state index contributed by atoms with van der Waals surface area (Å²) in [6.07, 6.45) is 13.0. The molecule has 37 heavy (non-hydrogen) atoms. The van der Waals surface area contributed by atoms with Crippen LogP contribution in [-0.4, -0.2) is 0 Å². The quantitative estimate of drug-likeness (QED) is 0.223. The van der Waals surface area contributed by atoms with Crippen LogP contribution in [0.25, 0.3) is 0 Å². The minimum absolute atomic E-state index is 0.356. The lowest BCUT2D eigenvalue weighted by Crippen LogP contribution is -2.22. The molecule has 0 unspecified atom stereocenters. The summed E-state index contributed by atoms with van der Waals surface area (Å²) in [6.45, 7) is 2.27. The van der Waals surface area contributed by atoms with Crippen LogP contribution in [0.3, 0.4) is 0 Å². The standard InChI is InChI=1S/C31H39F5O/c1-2-3-4-21-5-7-22(8-6-21)9-10-23-11-13-24(14-12-23)25-15-17-26(18-16-25)31(35,36)37-27-19-28(32)30(34)29(33)20-27/h15-24H,2-14H2,1H3/t21-,22-,23-,24-. The summed E-state index contributed by atoms with van der Waals surface area (Å²) in [5.74, 6) is -2.67. The molecule has 2 aromatic rings. The van der Waals surface area contributed by atoms with Gasteiger partial charge in [-0.3, -0.25) is 0 Å². The van der Waals surface area contributed by atoms with Gasteiger partial charge in [0.05, 0.1) is 5.56 Å². The molecule has 0 spiro atoms. The molecule has 0 atom stereocenters. The summed E-state index contributed by atoms with van der Waals surface area (Å²) >= 11 is 0. The number of hydrogen-bond acceptors (Lipinski definition) is 1. The molecule has 6 heteroatoms. The van der Waals surface area contributed by atoms with Crippen molar-refractivity contribution >= 4 is 0 Å². The predicted molar refractivity (Wildman–Crippen MR) is 136 cm³/mol. The molecule has 0 aliphatic heterocycles. The molecule has 0 N–H and O–H groups in total. The van der Waals surface area contributed by atoms with E-state index in [0.717, 1.165) is 36.2 Å². The van der Waals surface area contributed by atoms with Gasteiger partial charge in [0.1, 0.15) is 5.75 Å². The maximum absolute atomic E-state index is 14.6. The highest BCUT2D eigenvalue weighted by Gasteiger charge is 2.35. The van der Waals surface area contributed by atoms with Crippen LogP contribution in [-0.2, 0) is 6.11 Å². The van der Waals surface area contributed by atoms with E-state index >= 15 is 0 Å². The van der Waals surface area contributed by atoms with Crippen molar-refractivity contribution in [2.75, 3.05) is 0 Å². The van der Waals surface area contributed by atoms with E-state index in [0.29, 0.717) is 18.1 Å². The fourth-order valence-corrected chi connectivity index (χ4v) is 6.30. The number of halogens is 5. The topological polar surface area (TPSA) is 9.23 Å². The van der Waals surface area contributed by atoms with E-state index in [1.165, 1.54) is 82.8 Å². The Morgan fingerprint density at radius 2 is 1.22 bits per heavy atom. The van der Waals surface area contributed by atoms with Gasteiger partial charge < -0.3 is 4.74 Å². The Hall–Kier alpha value is -2.11. The van der Waals surface area contributed by atoms with Crippen molar-refractivity contribution in [3.63, 3.8) is 0 Å². The Labute approximate surface area is 217 Å². The second kappa shape index (κ2) is 12.6. The molecular weight excluding hydrogens is 483 g/mol. The van der Waals surface area contributed by atoms with Gasteiger partial charge in [0.15, 0.2) is 17.5 Å². The average Bonchev–Trinajstić information content (AvgIpc) is 2.90. The molecule has 0 aromatic heterocycles. The largest absolute Gasteiger partial charge is 0.429 e. The van der Waals surface area contributed by atoms with E-state index < -0.39 is 34.9 Å². The average molecular weight is 523 g/mol. The van der Waals surface area contributed by atoms with Crippen molar-refractivity contribution in [3.8, 4) is 5.75 Å². The first-order valence-electron chi connectivity index (χ1n) is 14.1. The lowest BCUT2D eigenvalue weighted by atomic mass is 9.74. The van der Waals surface area contributed by atoms with Gasteiger partial charge in [0.25, 0.3) is 0 Å². The third kappa shape index (κ3) is 7.48. The maximum atomic E-state index is 14.6. The molecule has 0 amide bonds. The number of ether oxygens (including phenoxy) is 1. The summed E-state index contributed by atoms with van der Waals surface area (Å²) in [5.41, 5.74) is 0.613. The molecule has 0 saturated heterocycles. The molecule has 2 saturated carbocycles. The van der Waals surface area contributed by atoms with Gasteiger partial charge in [-0.05, 0) is 67.1 Å². The summed E-state index contributed by atoms with van der Waals surface area (Å²) in [5, 5.41) is 0. The maximum Gasteiger partial charge on any atom is 0.426 e. The fourth-order valence-electron chi connectivity index (χ4n) is 6.30. The molecule has 0 bridgehead atoms. The highest BCUT2D eigenvalue weighted by Crippen LogP contribution is 2.41. The molecule has 2 fully saturated rings. The number of rotatable bonds is 10. The SMILES string of the molecule is CCCC[C@H]1CC[C@H](CC[C@H]2CC[C@H](c3ccc(C(F)(F)Oc4cc(F)c(F)c(F)c4)cc3)CC2)CC1. The second-order valence-corrected chi connectivity index (χ2v) is 11.3. The van der Waals surface area contributed by atoms with Crippen LogP contribution < -0.4 is 4.74 Å². The van der Waals surface area contributed by atoms with E-state index in [1.54, 1.807) is 12.1 Å². The van der Waals surface area contributed by atoms with E-state index in [1.807, 2.05) is 0 Å². The van der Waals surface area contributed by atoms with Crippen molar-refractivity contribution < 1.29 is 26.7 Å². The summed E-state index contributed by atoms with van der Waals surface area (Å²) < 4.78 is 73.5. The van der Waals surface area contributed by atoms with Crippen LogP contribution in [0, 0.1) is 35.2 Å². The van der Waals surface area contributed by atoms with Gasteiger partial charge in [-0.1, -0.05) is 76.8 Å². The lowest BCUT2D eigenvalue weighted by molar-refractivity contribution is -0.185. The molecule has 0 heterocycles. The number of alkyl halides is 2. The van der Waals surface area contributed by atoms with Gasteiger partial charge in [-0.15, -0.1) is 0 Å². The first-order chi connectivity index (χ1) is 17.7. The van der Waals surface area contributed by atoms with Gasteiger partial charge in [0.2, 0.25) is 0 Å². The normalized spacial score (nSPS) is 24.7. The molecule has 204 valence electrons. The van der Waals surface area contributed by atoms with Gasteiger partial charge >= 0.3 is 6.11 Å². The third-order valence-corrected chi connectivity index (χ3v) is 8.68. The molecule has 0 radical (unpaired) electrons. The van der Waals surface area contributed by atoms with Crippen molar-refractivity contribution in [3.05, 3.63) is 65.0 Å². The smallest absolute Gasteiger partial charge is 0.426 e. The minimum atomic E-state index is -3.80. The zero-order valence-electron chi connectivity index (χ0n) is 21.8. The van der Waals surface area contributed by atoms with Gasteiger partial charge in [-0.25, -0.2) is 13.2 Å². The molecule has 2 aliphatic carbocycles. The number of hydrogen-bond donors (Lipinski definition) is 0. The molecule has 2 aliphatic rings. The summed E-state index contributed by atoms with van der Waals surface area (Å²) in [4.78, 5) is 0. The number of benzene rings is 2. The Morgan fingerprint density at radius 1 is 0.730 bits per heavy atom. The van der Waals surface area contributed by atoms with Crippen molar-refractivity contribution in [1.29, 1.82) is 0 Å². The Morgan fingerprint density at radius 3 is 1.73 bits per heavy atom. The zero-order valence-corrected chi connectivity index (χ0v) is 21.8. The summed E-state index contributed by atoms with van der Waals surface area (Å²) in [6, 6.07) is 6.82. The third-order valence-electron chi connectivity index (χ3n) is 8.68. The Bertz CT molecular complexity index is 966. The van der Waals surface area contributed by atoms with E-state index in [9.17, 15) is 22.0 Å². The van der Waals surface area contributed by atoms with Crippen LogP contribution in [0.1, 0.15) is 107 Å². The summed E-state index contributed by atoms with van der Waals surface area (Å²) in [7, 11) is 0. The van der Waals surface area contributed by atoms with E-state index in [-0.39, 0.29) is 0 Å². The van der Waals surface area contributed by atoms with E-state index in [2.05, 4.69) is 11.7 Å². The second-order valence-electron chi connectivity index (χ2n) is 11.3. The minimum Gasteiger partial charge on any atom is -0.429 e.